The van der Waals surface area contributed by atoms with Crippen LogP contribution >= 0.6 is 35.5 Å². The van der Waals surface area contributed by atoms with Crippen molar-refractivity contribution in [1.82, 2.24) is 9.40 Å². The molecule has 0 saturated carbocycles. The molecule has 128 valence electrons. The van der Waals surface area contributed by atoms with Crippen molar-refractivity contribution in [2.45, 2.75) is 12.1 Å². The Bertz CT molecular complexity index is 887. The van der Waals surface area contributed by atoms with Crippen LogP contribution < -0.4 is 5.32 Å². The number of anilines is 1. The number of hydrogen-bond acceptors (Lipinski definition) is 6. The number of fused-ring (bicyclic) bond motifs is 3. The molecule has 2 aromatic rings. The summed E-state index contributed by atoms with van der Waals surface area (Å²) in [5, 5.41) is 7.52. The van der Waals surface area contributed by atoms with Gasteiger partial charge in [0, 0.05) is 5.56 Å². The Hall–Kier alpha value is -1.90. The van der Waals surface area contributed by atoms with Crippen molar-refractivity contribution >= 4 is 53.3 Å². The molecular formula is C15H9Cl2F2N5S. The topological polar surface area (TPSA) is 52.9 Å². The largest absolute Gasteiger partial charge is 0.338 e. The summed E-state index contributed by atoms with van der Waals surface area (Å²) >= 11 is 12.1. The van der Waals surface area contributed by atoms with Gasteiger partial charge in [0.25, 0.3) is 0 Å². The van der Waals surface area contributed by atoms with Crippen molar-refractivity contribution in [1.29, 1.82) is 0 Å². The second-order valence-corrected chi connectivity index (χ2v) is 6.67. The van der Waals surface area contributed by atoms with E-state index in [1.165, 1.54) is 29.0 Å². The Labute approximate surface area is 156 Å². The third kappa shape index (κ3) is 2.84. The Kier molecular flexibility index (Phi) is 4.26. The Balaban J connectivity index is 1.90. The number of hydrazone groups is 1. The molecule has 1 aromatic carbocycles. The lowest BCUT2D eigenvalue weighted by molar-refractivity contribution is 0.389. The first-order valence-electron chi connectivity index (χ1n) is 7.15. The number of hydrogen-bond donors (Lipinski definition) is 1. The second-order valence-electron chi connectivity index (χ2n) is 5.37. The van der Waals surface area contributed by atoms with E-state index >= 15 is 0 Å². The van der Waals surface area contributed by atoms with Gasteiger partial charge in [-0.1, -0.05) is 29.3 Å². The van der Waals surface area contributed by atoms with Gasteiger partial charge in [0.2, 0.25) is 0 Å². The number of nitrogens with zero attached hydrogens (tertiary/aromatic N) is 4. The minimum atomic E-state index is -0.541. The molecule has 2 aliphatic heterocycles. The third-order valence-electron chi connectivity index (χ3n) is 3.92. The number of aromatic nitrogens is 1. The summed E-state index contributed by atoms with van der Waals surface area (Å²) in [5.74, 6) is -0.300. The van der Waals surface area contributed by atoms with Crippen LogP contribution in [-0.2, 0) is 0 Å². The highest BCUT2D eigenvalue weighted by molar-refractivity contribution is 7.91. The van der Waals surface area contributed by atoms with Gasteiger partial charge in [-0.2, -0.15) is 9.52 Å². The van der Waals surface area contributed by atoms with E-state index in [9.17, 15) is 8.28 Å². The van der Waals surface area contributed by atoms with Crippen molar-refractivity contribution in [3.8, 4) is 0 Å². The maximum atomic E-state index is 14.3. The van der Waals surface area contributed by atoms with Gasteiger partial charge in [0.1, 0.15) is 28.9 Å². The summed E-state index contributed by atoms with van der Waals surface area (Å²) in [7, 11) is 0. The van der Waals surface area contributed by atoms with E-state index in [4.69, 9.17) is 23.2 Å². The zero-order valence-electron chi connectivity index (χ0n) is 12.3. The highest BCUT2D eigenvalue weighted by Crippen LogP contribution is 2.41. The van der Waals surface area contributed by atoms with E-state index in [2.05, 4.69) is 20.4 Å². The molecule has 1 aromatic heterocycles. The molecule has 2 unspecified atom stereocenters. The van der Waals surface area contributed by atoms with Crippen molar-refractivity contribution in [3.05, 3.63) is 57.6 Å². The van der Waals surface area contributed by atoms with Crippen LogP contribution in [-0.4, -0.2) is 27.5 Å². The molecule has 0 saturated heterocycles. The van der Waals surface area contributed by atoms with Crippen LogP contribution in [0.15, 0.2) is 40.6 Å². The molecule has 3 heterocycles. The zero-order valence-corrected chi connectivity index (χ0v) is 14.7. The molecule has 0 aliphatic carbocycles. The predicted octanol–water partition coefficient (Wildman–Crippen LogP) is 4.64. The molecule has 0 bridgehead atoms. The standard InChI is InChI=1S/C15H9Cl2F2N5S/c16-8-2-1-3-9(18)13(8)15-22-10-5-20-12(17)4-7(10)14-11(23-15)6-21-24(14)25-19/h1-6,11,14H,(H,22,23). The Morgan fingerprint density at radius 1 is 1.28 bits per heavy atom. The first-order valence-corrected chi connectivity index (χ1v) is 8.58. The molecule has 0 fully saturated rings. The highest BCUT2D eigenvalue weighted by Gasteiger charge is 2.38. The molecular weight excluding hydrogens is 391 g/mol. The Morgan fingerprint density at radius 3 is 2.88 bits per heavy atom. The molecule has 0 amide bonds. The van der Waals surface area contributed by atoms with Crippen LogP contribution in [0.3, 0.4) is 0 Å². The van der Waals surface area contributed by atoms with Crippen molar-refractivity contribution in [2.75, 3.05) is 5.32 Å². The van der Waals surface area contributed by atoms with E-state index in [0.717, 1.165) is 0 Å². The second kappa shape index (κ2) is 6.44. The van der Waals surface area contributed by atoms with Gasteiger partial charge < -0.3 is 5.32 Å². The molecule has 0 spiro atoms. The Morgan fingerprint density at radius 2 is 2.12 bits per heavy atom. The van der Waals surface area contributed by atoms with Crippen LogP contribution in [0.4, 0.5) is 14.0 Å². The lowest BCUT2D eigenvalue weighted by Crippen LogP contribution is -2.21. The fourth-order valence-electron chi connectivity index (χ4n) is 2.84. The average molecular weight is 400 g/mol. The SMILES string of the molecule is FSN1N=CC2N=C(c3c(F)cccc3Cl)Nc3cnc(Cl)cc3C21. The van der Waals surface area contributed by atoms with E-state index in [1.54, 1.807) is 12.1 Å². The van der Waals surface area contributed by atoms with Crippen LogP contribution in [0.2, 0.25) is 10.2 Å². The van der Waals surface area contributed by atoms with Crippen LogP contribution in [0.1, 0.15) is 17.2 Å². The molecule has 2 atom stereocenters. The molecule has 25 heavy (non-hydrogen) atoms. The van der Waals surface area contributed by atoms with Gasteiger partial charge in [-0.3, -0.25) is 4.99 Å². The van der Waals surface area contributed by atoms with Gasteiger partial charge >= 0.3 is 0 Å². The fraction of sp³-hybridized carbons (Fsp3) is 0.133. The van der Waals surface area contributed by atoms with Gasteiger partial charge in [0.05, 0.1) is 28.7 Å². The average Bonchev–Trinajstić information content (AvgIpc) is 2.91. The van der Waals surface area contributed by atoms with Gasteiger partial charge in [0.15, 0.2) is 12.3 Å². The normalized spacial score (nSPS) is 21.3. The minimum Gasteiger partial charge on any atom is -0.338 e. The van der Waals surface area contributed by atoms with Crippen molar-refractivity contribution < 1.29 is 8.28 Å². The number of amidine groups is 1. The first kappa shape index (κ1) is 16.6. The lowest BCUT2D eigenvalue weighted by Gasteiger charge is -2.22. The molecule has 5 nitrogen and oxygen atoms in total. The molecule has 2 aliphatic rings. The number of benzene rings is 1. The lowest BCUT2D eigenvalue weighted by atomic mass is 10.0. The number of rotatable bonds is 2. The fourth-order valence-corrected chi connectivity index (χ4v) is 3.67. The van der Waals surface area contributed by atoms with Crippen LogP contribution in [0.25, 0.3) is 0 Å². The summed E-state index contributed by atoms with van der Waals surface area (Å²) in [6.45, 7) is 0. The summed E-state index contributed by atoms with van der Waals surface area (Å²) in [6.07, 6.45) is 2.99. The molecule has 0 radical (unpaired) electrons. The quantitative estimate of drug-likeness (QED) is 0.590. The third-order valence-corrected chi connectivity index (χ3v) is 4.90. The van der Waals surface area contributed by atoms with Crippen molar-refractivity contribution in [3.63, 3.8) is 0 Å². The maximum absolute atomic E-state index is 14.3. The van der Waals surface area contributed by atoms with E-state index in [1.807, 2.05) is 0 Å². The number of aliphatic imine (C=N–C) groups is 1. The zero-order chi connectivity index (χ0) is 17.6. The highest BCUT2D eigenvalue weighted by atomic mass is 35.5. The van der Waals surface area contributed by atoms with Gasteiger partial charge in [-0.05, 0) is 18.2 Å². The predicted molar refractivity (Wildman–Crippen MR) is 96.4 cm³/mol. The van der Waals surface area contributed by atoms with Crippen molar-refractivity contribution in [2.24, 2.45) is 10.1 Å². The van der Waals surface area contributed by atoms with E-state index in [-0.39, 0.29) is 33.9 Å². The van der Waals surface area contributed by atoms with Crippen LogP contribution in [0, 0.1) is 5.82 Å². The maximum Gasteiger partial charge on any atom is 0.183 e. The summed E-state index contributed by atoms with van der Waals surface area (Å²) in [6, 6.07) is 4.90. The molecule has 10 heteroatoms. The monoisotopic (exact) mass is 399 g/mol. The van der Waals surface area contributed by atoms with Gasteiger partial charge in [-0.15, -0.1) is 3.89 Å². The smallest absolute Gasteiger partial charge is 0.183 e. The van der Waals surface area contributed by atoms with Gasteiger partial charge in [-0.25, -0.2) is 9.37 Å². The first-order chi connectivity index (χ1) is 12.1. The summed E-state index contributed by atoms with van der Waals surface area (Å²) in [5.41, 5.74) is 1.31. The van der Waals surface area contributed by atoms with E-state index in [0.29, 0.717) is 11.3 Å². The number of halogens is 4. The number of nitrogens with one attached hydrogen (secondary N) is 1. The van der Waals surface area contributed by atoms with Crippen LogP contribution in [0.5, 0.6) is 0 Å². The molecule has 4 rings (SSSR count). The minimum absolute atomic E-state index is 0.0251. The number of pyridine rings is 1. The van der Waals surface area contributed by atoms with E-state index < -0.39 is 17.9 Å². The summed E-state index contributed by atoms with van der Waals surface area (Å²) < 4.78 is 28.8. The summed E-state index contributed by atoms with van der Waals surface area (Å²) in [4.78, 5) is 8.54. The molecule has 1 N–H and O–H groups in total.